The van der Waals surface area contributed by atoms with E-state index in [1.165, 1.54) is 18.9 Å². The van der Waals surface area contributed by atoms with Crippen LogP contribution in [0.25, 0.3) is 0 Å². The number of amides is 2. The minimum atomic E-state index is -0.733. The van der Waals surface area contributed by atoms with Gasteiger partial charge in [0.25, 0.3) is 0 Å². The number of hydrogen-bond donors (Lipinski definition) is 1. The highest BCUT2D eigenvalue weighted by Gasteiger charge is 2.33. The van der Waals surface area contributed by atoms with Crippen LogP contribution in [0.2, 0.25) is 0 Å². The van der Waals surface area contributed by atoms with Crippen LogP contribution in [0.4, 0.5) is 0 Å². The topological polar surface area (TPSA) is 75.7 Å². The van der Waals surface area contributed by atoms with Gasteiger partial charge in [-0.15, -0.1) is 0 Å². The van der Waals surface area contributed by atoms with Crippen LogP contribution in [0.1, 0.15) is 13.3 Å². The van der Waals surface area contributed by atoms with E-state index in [-0.39, 0.29) is 18.2 Å². The lowest BCUT2D eigenvalue weighted by Gasteiger charge is -2.33. The highest BCUT2D eigenvalue weighted by atomic mass is 16.5. The number of esters is 1. The number of carbonyl (C=O) groups excluding carboxylic acids is 3. The zero-order chi connectivity index (χ0) is 11.4. The molecular formula is C9H14N2O4. The van der Waals surface area contributed by atoms with Gasteiger partial charge in [-0.3, -0.25) is 14.4 Å². The number of methoxy groups -OCH3 is 1. The summed E-state index contributed by atoms with van der Waals surface area (Å²) in [6.07, 6.45) is -0.0953. The summed E-state index contributed by atoms with van der Waals surface area (Å²) in [4.78, 5) is 35.1. The first-order chi connectivity index (χ1) is 7.06. The number of hydrogen-bond acceptors (Lipinski definition) is 4. The third kappa shape index (κ3) is 2.68. The monoisotopic (exact) mass is 214 g/mol. The maximum atomic E-state index is 11.4. The van der Waals surface area contributed by atoms with E-state index in [2.05, 4.69) is 10.1 Å². The van der Waals surface area contributed by atoms with E-state index in [0.717, 1.165) is 0 Å². The fourth-order valence-corrected chi connectivity index (χ4v) is 1.54. The Kier molecular flexibility index (Phi) is 3.65. The Morgan fingerprint density at radius 1 is 1.60 bits per heavy atom. The minimum Gasteiger partial charge on any atom is -0.469 e. The predicted octanol–water partition coefficient (Wildman–Crippen LogP) is -1.10. The molecule has 1 atom stereocenters. The molecule has 0 spiro atoms. The minimum absolute atomic E-state index is 0.0953. The highest BCUT2D eigenvalue weighted by Crippen LogP contribution is 2.09. The van der Waals surface area contributed by atoms with Gasteiger partial charge in [0.15, 0.2) is 0 Å². The zero-order valence-corrected chi connectivity index (χ0v) is 8.78. The fourth-order valence-electron chi connectivity index (χ4n) is 1.54. The van der Waals surface area contributed by atoms with Crippen LogP contribution in [-0.4, -0.2) is 48.9 Å². The molecule has 6 nitrogen and oxygen atoms in total. The average molecular weight is 214 g/mol. The molecule has 1 aliphatic rings. The molecular weight excluding hydrogens is 200 g/mol. The van der Waals surface area contributed by atoms with Crippen molar-refractivity contribution >= 4 is 17.8 Å². The van der Waals surface area contributed by atoms with Gasteiger partial charge in [0.1, 0.15) is 6.04 Å². The molecule has 1 N–H and O–H groups in total. The number of nitrogens with one attached hydrogen (secondary N) is 1. The second-order valence-electron chi connectivity index (χ2n) is 3.30. The predicted molar refractivity (Wildman–Crippen MR) is 50.8 cm³/mol. The Morgan fingerprint density at radius 3 is 2.80 bits per heavy atom. The van der Waals surface area contributed by atoms with E-state index in [4.69, 9.17) is 0 Å². The molecule has 0 aliphatic carbocycles. The fraction of sp³-hybridized carbons (Fsp3) is 0.667. The van der Waals surface area contributed by atoms with Crippen molar-refractivity contribution in [2.24, 2.45) is 0 Å². The van der Waals surface area contributed by atoms with Crippen molar-refractivity contribution in [2.45, 2.75) is 19.4 Å². The molecule has 0 aromatic rings. The molecule has 6 heteroatoms. The highest BCUT2D eigenvalue weighted by molar-refractivity contribution is 5.91. The van der Waals surface area contributed by atoms with Gasteiger partial charge in [-0.2, -0.15) is 0 Å². The van der Waals surface area contributed by atoms with Gasteiger partial charge < -0.3 is 15.0 Å². The largest absolute Gasteiger partial charge is 0.469 e. The molecule has 1 aliphatic heterocycles. The molecule has 2 amide bonds. The van der Waals surface area contributed by atoms with Crippen LogP contribution >= 0.6 is 0 Å². The van der Waals surface area contributed by atoms with Gasteiger partial charge in [0.05, 0.1) is 13.5 Å². The third-order valence-electron chi connectivity index (χ3n) is 2.32. The summed E-state index contributed by atoms with van der Waals surface area (Å²) in [7, 11) is 1.25. The van der Waals surface area contributed by atoms with Crippen molar-refractivity contribution < 1.29 is 19.1 Å². The number of ether oxygens (including phenoxy) is 1. The molecule has 1 saturated heterocycles. The smallest absolute Gasteiger partial charge is 0.308 e. The molecule has 1 heterocycles. The van der Waals surface area contributed by atoms with Gasteiger partial charge in [-0.1, -0.05) is 0 Å². The second kappa shape index (κ2) is 4.77. The molecule has 0 saturated carbocycles. The Morgan fingerprint density at radius 2 is 2.27 bits per heavy atom. The zero-order valence-electron chi connectivity index (χ0n) is 8.78. The van der Waals surface area contributed by atoms with Gasteiger partial charge in [0.2, 0.25) is 11.8 Å². The van der Waals surface area contributed by atoms with Gasteiger partial charge in [-0.05, 0) is 0 Å². The van der Waals surface area contributed by atoms with E-state index >= 15 is 0 Å². The van der Waals surface area contributed by atoms with Crippen molar-refractivity contribution in [1.82, 2.24) is 10.2 Å². The van der Waals surface area contributed by atoms with Crippen LogP contribution < -0.4 is 5.32 Å². The number of piperazine rings is 1. The number of carbonyl (C=O) groups is 3. The molecule has 1 rings (SSSR count). The molecule has 84 valence electrons. The first kappa shape index (κ1) is 11.5. The first-order valence-electron chi connectivity index (χ1n) is 4.68. The number of nitrogens with zero attached hydrogens (tertiary/aromatic N) is 1. The van der Waals surface area contributed by atoms with Crippen LogP contribution in [0.5, 0.6) is 0 Å². The quantitative estimate of drug-likeness (QED) is 0.592. The first-order valence-corrected chi connectivity index (χ1v) is 4.68. The maximum Gasteiger partial charge on any atom is 0.308 e. The molecule has 0 bridgehead atoms. The lowest BCUT2D eigenvalue weighted by molar-refractivity contribution is -0.149. The van der Waals surface area contributed by atoms with E-state index < -0.39 is 12.0 Å². The SMILES string of the molecule is COC(=O)C[C@@H]1C(=O)NCCN1C(C)=O. The summed E-state index contributed by atoms with van der Waals surface area (Å²) in [5, 5.41) is 2.61. The molecule has 0 radical (unpaired) electrons. The summed E-state index contributed by atoms with van der Waals surface area (Å²) >= 11 is 0. The Bertz CT molecular complexity index is 290. The van der Waals surface area contributed by atoms with Gasteiger partial charge >= 0.3 is 5.97 Å². The van der Waals surface area contributed by atoms with E-state index in [1.54, 1.807) is 0 Å². The number of rotatable bonds is 2. The van der Waals surface area contributed by atoms with Crippen LogP contribution in [0.15, 0.2) is 0 Å². The van der Waals surface area contributed by atoms with Gasteiger partial charge in [-0.25, -0.2) is 0 Å². The van der Waals surface area contributed by atoms with Crippen molar-refractivity contribution in [1.29, 1.82) is 0 Å². The third-order valence-corrected chi connectivity index (χ3v) is 2.32. The summed E-state index contributed by atoms with van der Waals surface area (Å²) in [5.41, 5.74) is 0. The Balaban J connectivity index is 2.73. The summed E-state index contributed by atoms with van der Waals surface area (Å²) in [6, 6.07) is -0.733. The van der Waals surface area contributed by atoms with E-state index in [0.29, 0.717) is 13.1 Å². The van der Waals surface area contributed by atoms with E-state index in [9.17, 15) is 14.4 Å². The average Bonchev–Trinajstić information content (AvgIpc) is 2.20. The molecule has 0 unspecified atom stereocenters. The lowest BCUT2D eigenvalue weighted by Crippen LogP contribution is -2.57. The standard InChI is InChI=1S/C9H14N2O4/c1-6(12)11-4-3-10-9(14)7(11)5-8(13)15-2/h7H,3-5H2,1-2H3,(H,10,14)/t7-/m1/s1. The normalized spacial score (nSPS) is 20.8. The summed E-state index contributed by atoms with van der Waals surface area (Å²) in [6.45, 7) is 2.24. The molecule has 15 heavy (non-hydrogen) atoms. The van der Waals surface area contributed by atoms with Crippen LogP contribution in [0.3, 0.4) is 0 Å². The molecule has 1 fully saturated rings. The van der Waals surface area contributed by atoms with Gasteiger partial charge in [0, 0.05) is 20.0 Å². The van der Waals surface area contributed by atoms with Crippen LogP contribution in [-0.2, 0) is 19.1 Å². The Hall–Kier alpha value is -1.59. The Labute approximate surface area is 87.6 Å². The second-order valence-corrected chi connectivity index (χ2v) is 3.30. The summed E-state index contributed by atoms with van der Waals surface area (Å²) < 4.78 is 4.47. The molecule has 0 aromatic carbocycles. The van der Waals surface area contributed by atoms with Crippen molar-refractivity contribution in [3.63, 3.8) is 0 Å². The van der Waals surface area contributed by atoms with Crippen molar-refractivity contribution in [3.8, 4) is 0 Å². The van der Waals surface area contributed by atoms with Crippen molar-refractivity contribution in [2.75, 3.05) is 20.2 Å². The summed E-state index contributed by atoms with van der Waals surface area (Å²) in [5.74, 6) is -1.01. The maximum absolute atomic E-state index is 11.4. The van der Waals surface area contributed by atoms with Crippen molar-refractivity contribution in [3.05, 3.63) is 0 Å². The van der Waals surface area contributed by atoms with E-state index in [1.807, 2.05) is 0 Å². The van der Waals surface area contributed by atoms with Crippen LogP contribution in [0, 0.1) is 0 Å². The molecule has 0 aromatic heterocycles. The lowest BCUT2D eigenvalue weighted by atomic mass is 10.1.